The number of fused-ring (bicyclic) bond motifs is 13. The first kappa shape index (κ1) is 30.9. The Morgan fingerprint density at radius 1 is 1.23 bits per heavy atom. The zero-order valence-electron chi connectivity index (χ0n) is 22.1. The number of nitrogens with one attached hydrogen (secondary N) is 2. The minimum Gasteiger partial charge on any atom is -0.491 e. The highest BCUT2D eigenvalue weighted by Gasteiger charge is 2.31. The van der Waals surface area contributed by atoms with Gasteiger partial charge in [-0.3, -0.25) is 9.59 Å². The summed E-state index contributed by atoms with van der Waals surface area (Å²) in [6, 6.07) is 7.22. The summed E-state index contributed by atoms with van der Waals surface area (Å²) < 4.78 is 59.3. The van der Waals surface area contributed by atoms with E-state index in [9.17, 15) is 32.3 Å². The number of nitrogens with zero attached hydrogens (tertiary/aromatic N) is 1. The number of carbonyl (C=O) groups is 2. The van der Waals surface area contributed by atoms with Crippen LogP contribution in [0, 0.1) is 18.2 Å². The standard InChI is InChI=1S/C29H33F4N3O4/c1-3-7-24-28(39)35-23(25(37)18-34-17-20-8-6-9-21(14-20)29(31,32)33)16-19-11-12-26(22(30)15-19)40-13-5-4-10-27(38)36(24)2/h1,6,8-9,11-12,14-15,23-25,34,37H,4-5,7,10,13,16-18H2,2H3,(H,35,39)/t23-,24?,25+/m0/s1. The predicted molar refractivity (Wildman–Crippen MR) is 141 cm³/mol. The fourth-order valence-corrected chi connectivity index (χ4v) is 4.40. The second kappa shape index (κ2) is 14.1. The monoisotopic (exact) mass is 563 g/mol. The summed E-state index contributed by atoms with van der Waals surface area (Å²) in [6.45, 7) is 0.138. The van der Waals surface area contributed by atoms with Gasteiger partial charge in [0.05, 0.1) is 24.3 Å². The molecule has 0 aromatic heterocycles. The smallest absolute Gasteiger partial charge is 0.416 e. The molecule has 7 nitrogen and oxygen atoms in total. The molecule has 0 saturated heterocycles. The van der Waals surface area contributed by atoms with Gasteiger partial charge in [0.25, 0.3) is 0 Å². The third-order valence-electron chi connectivity index (χ3n) is 6.70. The topological polar surface area (TPSA) is 90.9 Å². The van der Waals surface area contributed by atoms with Crippen molar-refractivity contribution in [1.29, 1.82) is 0 Å². The van der Waals surface area contributed by atoms with Gasteiger partial charge in [-0.15, -0.1) is 12.3 Å². The molecule has 2 amide bonds. The van der Waals surface area contributed by atoms with E-state index >= 15 is 0 Å². The fourth-order valence-electron chi connectivity index (χ4n) is 4.40. The molecule has 0 radical (unpaired) electrons. The number of benzene rings is 2. The van der Waals surface area contributed by atoms with Crippen LogP contribution in [0.3, 0.4) is 0 Å². The van der Waals surface area contributed by atoms with E-state index in [1.807, 2.05) is 0 Å². The summed E-state index contributed by atoms with van der Waals surface area (Å²) in [4.78, 5) is 27.3. The molecular formula is C29H33F4N3O4. The van der Waals surface area contributed by atoms with Crippen LogP contribution in [0.1, 0.15) is 42.4 Å². The van der Waals surface area contributed by atoms with E-state index in [4.69, 9.17) is 11.2 Å². The molecule has 3 atom stereocenters. The normalized spacial score (nSPS) is 20.0. The Balaban J connectivity index is 1.80. The summed E-state index contributed by atoms with van der Waals surface area (Å²) in [5.41, 5.74) is 0.0397. The molecule has 2 aliphatic rings. The van der Waals surface area contributed by atoms with E-state index in [2.05, 4.69) is 16.6 Å². The molecule has 2 aromatic rings. The van der Waals surface area contributed by atoms with Crippen molar-refractivity contribution < 1.29 is 37.0 Å². The van der Waals surface area contributed by atoms with Crippen molar-refractivity contribution >= 4 is 11.8 Å². The van der Waals surface area contributed by atoms with Gasteiger partial charge in [-0.25, -0.2) is 4.39 Å². The van der Waals surface area contributed by atoms with Crippen molar-refractivity contribution in [3.63, 3.8) is 0 Å². The highest BCUT2D eigenvalue weighted by molar-refractivity contribution is 5.88. The molecule has 40 heavy (non-hydrogen) atoms. The Kier molecular flexibility index (Phi) is 10.9. The first-order valence-electron chi connectivity index (χ1n) is 12.9. The Bertz CT molecular complexity index is 1210. The third kappa shape index (κ3) is 8.69. The molecule has 3 N–H and O–H groups in total. The van der Waals surface area contributed by atoms with Gasteiger partial charge in [-0.2, -0.15) is 13.2 Å². The van der Waals surface area contributed by atoms with E-state index < -0.39 is 41.7 Å². The number of hydrogen-bond acceptors (Lipinski definition) is 5. The molecule has 0 aliphatic carbocycles. The van der Waals surface area contributed by atoms with Crippen LogP contribution in [0.2, 0.25) is 0 Å². The Morgan fingerprint density at radius 3 is 2.70 bits per heavy atom. The number of carbonyl (C=O) groups excluding carboxylic acids is 2. The van der Waals surface area contributed by atoms with Crippen LogP contribution in [0.25, 0.3) is 0 Å². The number of amides is 2. The van der Waals surface area contributed by atoms with Crippen molar-refractivity contribution in [2.75, 3.05) is 20.2 Å². The maximum absolute atomic E-state index is 14.7. The van der Waals surface area contributed by atoms with Crippen LogP contribution in [0.4, 0.5) is 17.6 Å². The Labute approximate surface area is 230 Å². The van der Waals surface area contributed by atoms with Crippen LogP contribution < -0.4 is 15.4 Å². The zero-order chi connectivity index (χ0) is 29.3. The molecule has 2 bridgehead atoms. The molecule has 216 valence electrons. The predicted octanol–water partition coefficient (Wildman–Crippen LogP) is 3.44. The summed E-state index contributed by atoms with van der Waals surface area (Å²) in [5, 5.41) is 16.7. The summed E-state index contributed by atoms with van der Waals surface area (Å²) in [7, 11) is 1.49. The minimum absolute atomic E-state index is 0.0236. The first-order valence-corrected chi connectivity index (χ1v) is 12.9. The van der Waals surface area contributed by atoms with Gasteiger partial charge in [0.1, 0.15) is 6.04 Å². The number of ether oxygens (including phenoxy) is 1. The van der Waals surface area contributed by atoms with Gasteiger partial charge in [-0.1, -0.05) is 24.3 Å². The lowest BCUT2D eigenvalue weighted by Crippen LogP contribution is -2.55. The lowest BCUT2D eigenvalue weighted by molar-refractivity contribution is -0.139. The number of aliphatic hydroxyl groups excluding tert-OH is 1. The van der Waals surface area contributed by atoms with Gasteiger partial charge < -0.3 is 25.4 Å². The summed E-state index contributed by atoms with van der Waals surface area (Å²) in [5.74, 6) is 0.982. The SMILES string of the molecule is C#CCC1C(=O)N[C@H]([C@H](O)CNCc2cccc(C(F)(F)F)c2)Cc2ccc(c(F)c2)OCCCCC(=O)N1C. The molecule has 0 spiro atoms. The Morgan fingerprint density at radius 2 is 2.00 bits per heavy atom. The third-order valence-corrected chi connectivity index (χ3v) is 6.70. The number of rotatable bonds is 6. The van der Waals surface area contributed by atoms with Gasteiger partial charge in [0.15, 0.2) is 11.6 Å². The van der Waals surface area contributed by atoms with Crippen molar-refractivity contribution in [3.05, 3.63) is 65.0 Å². The second-order valence-electron chi connectivity index (χ2n) is 9.71. The maximum atomic E-state index is 14.7. The number of hydrogen-bond donors (Lipinski definition) is 3. The van der Waals surface area contributed by atoms with Gasteiger partial charge in [-0.05, 0) is 48.6 Å². The van der Waals surface area contributed by atoms with Crippen molar-refractivity contribution in [1.82, 2.24) is 15.5 Å². The highest BCUT2D eigenvalue weighted by Crippen LogP contribution is 2.29. The average molecular weight is 564 g/mol. The van der Waals surface area contributed by atoms with E-state index in [0.717, 1.165) is 12.1 Å². The molecule has 11 heteroatoms. The molecule has 2 heterocycles. The molecule has 2 aromatic carbocycles. The lowest BCUT2D eigenvalue weighted by Gasteiger charge is -2.30. The number of terminal acetylenes is 1. The maximum Gasteiger partial charge on any atom is 0.416 e. The van der Waals surface area contributed by atoms with Gasteiger partial charge >= 0.3 is 6.18 Å². The second-order valence-corrected chi connectivity index (χ2v) is 9.71. The largest absolute Gasteiger partial charge is 0.491 e. The summed E-state index contributed by atoms with van der Waals surface area (Å²) >= 11 is 0. The summed E-state index contributed by atoms with van der Waals surface area (Å²) in [6.07, 6.45) is 0.839. The highest BCUT2D eigenvalue weighted by atomic mass is 19.4. The van der Waals surface area contributed by atoms with Crippen LogP contribution in [0.15, 0.2) is 42.5 Å². The van der Waals surface area contributed by atoms with Gasteiger partial charge in [0, 0.05) is 33.0 Å². The molecule has 2 aliphatic heterocycles. The van der Waals surface area contributed by atoms with Crippen molar-refractivity contribution in [2.24, 2.45) is 0 Å². The van der Waals surface area contributed by atoms with E-state index in [0.29, 0.717) is 24.0 Å². The van der Waals surface area contributed by atoms with Crippen LogP contribution >= 0.6 is 0 Å². The fraction of sp³-hybridized carbons (Fsp3) is 0.448. The van der Waals surface area contributed by atoms with Crippen LogP contribution in [-0.4, -0.2) is 60.2 Å². The van der Waals surface area contributed by atoms with E-state index in [1.165, 1.54) is 36.2 Å². The molecule has 0 fully saturated rings. The van der Waals surface area contributed by atoms with Crippen LogP contribution in [0.5, 0.6) is 5.75 Å². The zero-order valence-corrected chi connectivity index (χ0v) is 22.1. The van der Waals surface area contributed by atoms with Crippen molar-refractivity contribution in [3.8, 4) is 18.1 Å². The van der Waals surface area contributed by atoms with Crippen molar-refractivity contribution in [2.45, 2.75) is 63.0 Å². The van der Waals surface area contributed by atoms with Crippen LogP contribution in [-0.2, 0) is 28.7 Å². The minimum atomic E-state index is -4.48. The average Bonchev–Trinajstić information content (AvgIpc) is 2.90. The van der Waals surface area contributed by atoms with E-state index in [1.54, 1.807) is 6.07 Å². The molecule has 0 saturated carbocycles. The molecule has 1 unspecified atom stereocenters. The number of halogens is 4. The number of likely N-dealkylation sites (N-methyl/N-ethyl adjacent to an activating group) is 1. The number of aliphatic hydroxyl groups is 1. The van der Waals surface area contributed by atoms with E-state index in [-0.39, 0.29) is 50.6 Å². The molecular weight excluding hydrogens is 530 g/mol. The number of alkyl halides is 3. The Hall–Kier alpha value is -3.62. The quantitative estimate of drug-likeness (QED) is 0.370. The van der Waals surface area contributed by atoms with Gasteiger partial charge in [0.2, 0.25) is 11.8 Å². The lowest BCUT2D eigenvalue weighted by atomic mass is 9.99. The first-order chi connectivity index (χ1) is 19.0. The molecule has 4 rings (SSSR count).